The number of hydrogen-bond donors (Lipinski definition) is 1. The number of rotatable bonds is 2. The molecule has 5 nitrogen and oxygen atoms in total. The zero-order chi connectivity index (χ0) is 10.7. The van der Waals surface area contributed by atoms with Crippen molar-refractivity contribution in [2.45, 2.75) is 6.61 Å². The zero-order valence-corrected chi connectivity index (χ0v) is 7.83. The summed E-state index contributed by atoms with van der Waals surface area (Å²) in [5.41, 5.74) is 1.86. The fourth-order valence-electron chi connectivity index (χ4n) is 1.29. The quantitative estimate of drug-likeness (QED) is 0.771. The predicted molar refractivity (Wildman–Crippen MR) is 52.0 cm³/mol. The smallest absolute Gasteiger partial charge is 0.138 e. The van der Waals surface area contributed by atoms with Crippen LogP contribution < -0.4 is 0 Å². The van der Waals surface area contributed by atoms with Crippen LogP contribution in [0.5, 0.6) is 0 Å². The molecule has 0 aliphatic carbocycles. The van der Waals surface area contributed by atoms with Gasteiger partial charge in [0, 0.05) is 0 Å². The fourth-order valence-corrected chi connectivity index (χ4v) is 1.29. The van der Waals surface area contributed by atoms with E-state index in [1.807, 2.05) is 0 Å². The van der Waals surface area contributed by atoms with Gasteiger partial charge >= 0.3 is 0 Å². The molecule has 15 heavy (non-hydrogen) atoms. The molecule has 1 heterocycles. The van der Waals surface area contributed by atoms with Gasteiger partial charge in [0.15, 0.2) is 0 Å². The minimum absolute atomic E-state index is 0.0621. The van der Waals surface area contributed by atoms with Gasteiger partial charge in [0.05, 0.1) is 17.9 Å². The van der Waals surface area contributed by atoms with Gasteiger partial charge in [-0.1, -0.05) is 6.07 Å². The lowest BCUT2D eigenvalue weighted by atomic mass is 10.1. The van der Waals surface area contributed by atoms with Crippen LogP contribution in [0.2, 0.25) is 0 Å². The van der Waals surface area contributed by atoms with E-state index in [2.05, 4.69) is 16.2 Å². The molecule has 0 radical (unpaired) electrons. The van der Waals surface area contributed by atoms with E-state index < -0.39 is 0 Å². The maximum atomic E-state index is 8.99. The molecular formula is C10H8N4O. The molecule has 5 heteroatoms. The van der Waals surface area contributed by atoms with Crippen molar-refractivity contribution < 1.29 is 5.11 Å². The summed E-state index contributed by atoms with van der Waals surface area (Å²) in [6, 6.07) is 7.14. The van der Waals surface area contributed by atoms with Crippen molar-refractivity contribution in [1.29, 1.82) is 5.26 Å². The molecule has 2 aromatic rings. The second kappa shape index (κ2) is 3.90. The Morgan fingerprint density at radius 3 is 2.93 bits per heavy atom. The number of nitriles is 1. The molecule has 0 aliphatic heterocycles. The van der Waals surface area contributed by atoms with E-state index in [1.165, 1.54) is 17.3 Å². The summed E-state index contributed by atoms with van der Waals surface area (Å²) in [6.07, 6.45) is 2.91. The number of aromatic nitrogens is 3. The third-order valence-corrected chi connectivity index (χ3v) is 2.03. The summed E-state index contributed by atoms with van der Waals surface area (Å²) >= 11 is 0. The van der Waals surface area contributed by atoms with Crippen molar-refractivity contribution in [1.82, 2.24) is 14.8 Å². The molecule has 0 saturated heterocycles. The summed E-state index contributed by atoms with van der Waals surface area (Å²) < 4.78 is 1.50. The summed E-state index contributed by atoms with van der Waals surface area (Å²) in [4.78, 5) is 3.81. The molecular weight excluding hydrogens is 192 g/mol. The Balaban J connectivity index is 2.58. The number of aliphatic hydroxyl groups is 1. The first-order valence-electron chi connectivity index (χ1n) is 4.34. The first kappa shape index (κ1) is 9.37. The lowest BCUT2D eigenvalue weighted by molar-refractivity contribution is 0.282. The zero-order valence-electron chi connectivity index (χ0n) is 7.83. The fraction of sp³-hybridized carbons (Fsp3) is 0.100. The molecule has 0 amide bonds. The highest BCUT2D eigenvalue weighted by molar-refractivity contribution is 5.49. The Morgan fingerprint density at radius 2 is 2.33 bits per heavy atom. The van der Waals surface area contributed by atoms with Gasteiger partial charge in [-0.25, -0.2) is 9.67 Å². The Kier molecular flexibility index (Phi) is 2.44. The van der Waals surface area contributed by atoms with Crippen LogP contribution in [0.4, 0.5) is 0 Å². The molecule has 1 aromatic carbocycles. The van der Waals surface area contributed by atoms with Gasteiger partial charge in [0.25, 0.3) is 0 Å². The van der Waals surface area contributed by atoms with E-state index in [9.17, 15) is 0 Å². The number of nitrogens with zero attached hydrogens (tertiary/aromatic N) is 4. The Hall–Kier alpha value is -2.19. The molecule has 74 valence electrons. The first-order chi connectivity index (χ1) is 7.35. The number of benzene rings is 1. The standard InChI is InChI=1S/C10H8N4O/c11-4-9-2-1-8(5-15)3-10(9)14-7-12-6-13-14/h1-3,6-7,15H,5H2. The average molecular weight is 200 g/mol. The summed E-state index contributed by atoms with van der Waals surface area (Å²) in [5.74, 6) is 0. The van der Waals surface area contributed by atoms with Crippen molar-refractivity contribution in [2.75, 3.05) is 0 Å². The summed E-state index contributed by atoms with van der Waals surface area (Å²) in [6.45, 7) is -0.0621. The molecule has 0 unspecified atom stereocenters. The second-order valence-electron chi connectivity index (χ2n) is 2.96. The van der Waals surface area contributed by atoms with Gasteiger partial charge in [-0.2, -0.15) is 10.4 Å². The van der Waals surface area contributed by atoms with Crippen molar-refractivity contribution in [3.63, 3.8) is 0 Å². The van der Waals surface area contributed by atoms with E-state index in [1.54, 1.807) is 18.2 Å². The second-order valence-corrected chi connectivity index (χ2v) is 2.96. The van der Waals surface area contributed by atoms with Crippen LogP contribution in [0.3, 0.4) is 0 Å². The molecule has 0 spiro atoms. The molecule has 0 bridgehead atoms. The molecule has 1 N–H and O–H groups in total. The van der Waals surface area contributed by atoms with Gasteiger partial charge < -0.3 is 5.11 Å². The van der Waals surface area contributed by atoms with Crippen LogP contribution in [-0.2, 0) is 6.61 Å². The Morgan fingerprint density at radius 1 is 1.47 bits per heavy atom. The van der Waals surface area contributed by atoms with Crippen molar-refractivity contribution in [3.8, 4) is 11.8 Å². The maximum Gasteiger partial charge on any atom is 0.138 e. The highest BCUT2D eigenvalue weighted by Gasteiger charge is 2.05. The topological polar surface area (TPSA) is 74.7 Å². The van der Waals surface area contributed by atoms with E-state index in [4.69, 9.17) is 10.4 Å². The van der Waals surface area contributed by atoms with Crippen molar-refractivity contribution in [3.05, 3.63) is 42.0 Å². The highest BCUT2D eigenvalue weighted by atomic mass is 16.3. The van der Waals surface area contributed by atoms with Crippen LogP contribution >= 0.6 is 0 Å². The third-order valence-electron chi connectivity index (χ3n) is 2.03. The third kappa shape index (κ3) is 1.71. The van der Waals surface area contributed by atoms with Crippen LogP contribution in [0, 0.1) is 11.3 Å². The van der Waals surface area contributed by atoms with E-state index in [0.717, 1.165) is 5.56 Å². The normalized spacial score (nSPS) is 9.87. The number of aliphatic hydroxyl groups excluding tert-OH is 1. The van der Waals surface area contributed by atoms with Crippen LogP contribution in [-0.4, -0.2) is 19.9 Å². The molecule has 0 fully saturated rings. The van der Waals surface area contributed by atoms with E-state index in [0.29, 0.717) is 11.3 Å². The summed E-state index contributed by atoms with van der Waals surface area (Å²) in [5, 5.41) is 21.8. The Labute approximate surface area is 86.2 Å². The lowest BCUT2D eigenvalue weighted by Gasteiger charge is -2.04. The van der Waals surface area contributed by atoms with E-state index >= 15 is 0 Å². The van der Waals surface area contributed by atoms with Crippen LogP contribution in [0.1, 0.15) is 11.1 Å². The maximum absolute atomic E-state index is 8.99. The minimum atomic E-state index is -0.0621. The molecule has 1 aromatic heterocycles. The summed E-state index contributed by atoms with van der Waals surface area (Å²) in [7, 11) is 0. The molecule has 0 saturated carbocycles. The highest BCUT2D eigenvalue weighted by Crippen LogP contribution is 2.14. The van der Waals surface area contributed by atoms with Crippen LogP contribution in [0.15, 0.2) is 30.9 Å². The molecule has 2 rings (SSSR count). The lowest BCUT2D eigenvalue weighted by Crippen LogP contribution is -1.99. The SMILES string of the molecule is N#Cc1ccc(CO)cc1-n1cncn1. The number of hydrogen-bond acceptors (Lipinski definition) is 4. The van der Waals surface area contributed by atoms with Crippen LogP contribution in [0.25, 0.3) is 5.69 Å². The van der Waals surface area contributed by atoms with Gasteiger partial charge in [-0.15, -0.1) is 0 Å². The van der Waals surface area contributed by atoms with Gasteiger partial charge in [-0.05, 0) is 17.7 Å². The monoisotopic (exact) mass is 200 g/mol. The van der Waals surface area contributed by atoms with E-state index in [-0.39, 0.29) is 6.61 Å². The molecule has 0 atom stereocenters. The Bertz CT molecular complexity index is 499. The van der Waals surface area contributed by atoms with Crippen molar-refractivity contribution in [2.24, 2.45) is 0 Å². The minimum Gasteiger partial charge on any atom is -0.392 e. The van der Waals surface area contributed by atoms with Gasteiger partial charge in [0.2, 0.25) is 0 Å². The van der Waals surface area contributed by atoms with Gasteiger partial charge in [0.1, 0.15) is 18.7 Å². The predicted octanol–water partition coefficient (Wildman–Crippen LogP) is 0.631. The average Bonchev–Trinajstić information content (AvgIpc) is 2.81. The van der Waals surface area contributed by atoms with Crippen molar-refractivity contribution >= 4 is 0 Å². The molecule has 0 aliphatic rings. The largest absolute Gasteiger partial charge is 0.392 e. The first-order valence-corrected chi connectivity index (χ1v) is 4.34. The van der Waals surface area contributed by atoms with Gasteiger partial charge in [-0.3, -0.25) is 0 Å².